The third-order valence-corrected chi connectivity index (χ3v) is 5.90. The van der Waals surface area contributed by atoms with Gasteiger partial charge >= 0.3 is 0 Å². The van der Waals surface area contributed by atoms with E-state index in [-0.39, 0.29) is 5.91 Å². The molecule has 2 rings (SSSR count). The lowest BCUT2D eigenvalue weighted by atomic mass is 10.0. The number of thioether (sulfide) groups is 1. The van der Waals surface area contributed by atoms with Crippen molar-refractivity contribution in [3.8, 4) is 6.07 Å². The fourth-order valence-corrected chi connectivity index (χ4v) is 4.15. The molecule has 0 spiro atoms. The van der Waals surface area contributed by atoms with Crippen LogP contribution in [0.1, 0.15) is 49.7 Å². The van der Waals surface area contributed by atoms with Crippen LogP contribution in [0.2, 0.25) is 0 Å². The number of anilines is 1. The molecule has 1 aliphatic rings. The topological polar surface area (TPSA) is 44.1 Å². The first-order valence-electron chi connectivity index (χ1n) is 8.48. The van der Waals surface area contributed by atoms with E-state index >= 15 is 0 Å². The Balaban J connectivity index is 2.02. The van der Waals surface area contributed by atoms with Crippen molar-refractivity contribution in [3.05, 3.63) is 29.3 Å². The molecule has 1 aromatic carbocycles. The van der Waals surface area contributed by atoms with Crippen LogP contribution >= 0.6 is 11.8 Å². The molecular weight excluding hydrogens is 304 g/mol. The van der Waals surface area contributed by atoms with Crippen molar-refractivity contribution in [2.45, 2.75) is 57.6 Å². The molecule has 0 N–H and O–H groups in total. The van der Waals surface area contributed by atoms with Crippen LogP contribution in [0, 0.1) is 25.2 Å². The maximum Gasteiger partial charge on any atom is 0.237 e. The Labute approximate surface area is 144 Å². The van der Waals surface area contributed by atoms with Crippen LogP contribution in [0.3, 0.4) is 0 Å². The highest BCUT2D eigenvalue weighted by Crippen LogP contribution is 2.29. The van der Waals surface area contributed by atoms with E-state index in [0.717, 1.165) is 5.69 Å². The van der Waals surface area contributed by atoms with Gasteiger partial charge in [-0.15, -0.1) is 11.8 Å². The van der Waals surface area contributed by atoms with Crippen LogP contribution in [0.25, 0.3) is 0 Å². The molecule has 0 bridgehead atoms. The molecule has 1 fully saturated rings. The molecule has 1 aromatic rings. The molecule has 0 aliphatic heterocycles. The van der Waals surface area contributed by atoms with Crippen molar-refractivity contribution >= 4 is 23.4 Å². The SMILES string of the molecule is Cc1ccc(N(CCC#N)C(=O)CSC2CCCCC2)cc1C. The molecule has 0 heterocycles. The molecule has 23 heavy (non-hydrogen) atoms. The molecule has 0 radical (unpaired) electrons. The van der Waals surface area contributed by atoms with E-state index in [2.05, 4.69) is 26.0 Å². The Morgan fingerprint density at radius 3 is 2.65 bits per heavy atom. The molecule has 0 saturated heterocycles. The lowest BCUT2D eigenvalue weighted by molar-refractivity contribution is -0.116. The number of carbonyl (C=O) groups is 1. The fourth-order valence-electron chi connectivity index (χ4n) is 2.95. The Morgan fingerprint density at radius 2 is 2.00 bits per heavy atom. The zero-order valence-electron chi connectivity index (χ0n) is 14.2. The number of rotatable bonds is 6. The van der Waals surface area contributed by atoms with Gasteiger partial charge in [0.15, 0.2) is 0 Å². The number of amides is 1. The van der Waals surface area contributed by atoms with Gasteiger partial charge in [0.2, 0.25) is 5.91 Å². The van der Waals surface area contributed by atoms with E-state index in [1.165, 1.54) is 43.2 Å². The van der Waals surface area contributed by atoms with Gasteiger partial charge in [0.05, 0.1) is 18.2 Å². The summed E-state index contributed by atoms with van der Waals surface area (Å²) < 4.78 is 0. The monoisotopic (exact) mass is 330 g/mol. The van der Waals surface area contributed by atoms with Gasteiger partial charge in [-0.05, 0) is 49.9 Å². The van der Waals surface area contributed by atoms with Crippen LogP contribution in [0.5, 0.6) is 0 Å². The summed E-state index contributed by atoms with van der Waals surface area (Å²) in [6, 6.07) is 8.24. The van der Waals surface area contributed by atoms with E-state index in [1.54, 1.807) is 16.7 Å². The minimum absolute atomic E-state index is 0.124. The number of benzene rings is 1. The normalized spacial score (nSPS) is 15.2. The summed E-state index contributed by atoms with van der Waals surface area (Å²) in [4.78, 5) is 14.5. The highest BCUT2D eigenvalue weighted by molar-refractivity contribution is 8.00. The van der Waals surface area contributed by atoms with Gasteiger partial charge in [-0.3, -0.25) is 4.79 Å². The number of nitriles is 1. The molecule has 4 heteroatoms. The van der Waals surface area contributed by atoms with Gasteiger partial charge in [0.25, 0.3) is 0 Å². The van der Waals surface area contributed by atoms with Gasteiger partial charge in [-0.25, -0.2) is 0 Å². The summed E-state index contributed by atoms with van der Waals surface area (Å²) in [5.41, 5.74) is 3.31. The molecular formula is C19H26N2OS. The fraction of sp³-hybridized carbons (Fsp3) is 0.579. The van der Waals surface area contributed by atoms with E-state index in [4.69, 9.17) is 5.26 Å². The molecule has 1 saturated carbocycles. The summed E-state index contributed by atoms with van der Waals surface area (Å²) in [5, 5.41) is 9.51. The lowest BCUT2D eigenvalue weighted by Crippen LogP contribution is -2.34. The van der Waals surface area contributed by atoms with Crippen LogP contribution in [-0.2, 0) is 4.79 Å². The maximum atomic E-state index is 12.7. The van der Waals surface area contributed by atoms with Gasteiger partial charge in [-0.1, -0.05) is 25.3 Å². The highest BCUT2D eigenvalue weighted by atomic mass is 32.2. The lowest BCUT2D eigenvalue weighted by Gasteiger charge is -2.25. The molecule has 3 nitrogen and oxygen atoms in total. The van der Waals surface area contributed by atoms with Crippen molar-refractivity contribution in [1.29, 1.82) is 5.26 Å². The minimum Gasteiger partial charge on any atom is -0.311 e. The Kier molecular flexibility index (Phi) is 6.98. The van der Waals surface area contributed by atoms with Crippen molar-refractivity contribution < 1.29 is 4.79 Å². The summed E-state index contributed by atoms with van der Waals surface area (Å²) in [6.07, 6.45) is 6.76. The molecule has 0 atom stereocenters. The second-order valence-electron chi connectivity index (χ2n) is 6.29. The summed E-state index contributed by atoms with van der Waals surface area (Å²) in [7, 11) is 0. The summed E-state index contributed by atoms with van der Waals surface area (Å²) in [6.45, 7) is 4.60. The third kappa shape index (κ3) is 5.28. The molecule has 1 aliphatic carbocycles. The smallest absolute Gasteiger partial charge is 0.237 e. The number of carbonyl (C=O) groups excluding carboxylic acids is 1. The van der Waals surface area contributed by atoms with Gasteiger partial charge in [-0.2, -0.15) is 5.26 Å². The summed E-state index contributed by atoms with van der Waals surface area (Å²) in [5.74, 6) is 0.641. The Morgan fingerprint density at radius 1 is 1.26 bits per heavy atom. The van der Waals surface area contributed by atoms with Crippen LogP contribution in [-0.4, -0.2) is 23.5 Å². The predicted octanol–water partition coefficient (Wildman–Crippen LogP) is 4.62. The first kappa shape index (κ1) is 17.9. The Hall–Kier alpha value is -1.47. The number of hydrogen-bond acceptors (Lipinski definition) is 3. The molecule has 0 unspecified atom stereocenters. The molecule has 1 amide bonds. The first-order valence-corrected chi connectivity index (χ1v) is 9.53. The van der Waals surface area contributed by atoms with Crippen molar-refractivity contribution in [3.63, 3.8) is 0 Å². The second-order valence-corrected chi connectivity index (χ2v) is 7.58. The largest absolute Gasteiger partial charge is 0.311 e. The van der Waals surface area contributed by atoms with Crippen LogP contribution in [0.15, 0.2) is 18.2 Å². The van der Waals surface area contributed by atoms with Crippen molar-refractivity contribution in [2.24, 2.45) is 0 Å². The summed E-state index contributed by atoms with van der Waals surface area (Å²) >= 11 is 1.80. The third-order valence-electron chi connectivity index (χ3n) is 4.55. The Bertz CT molecular complexity index is 573. The zero-order chi connectivity index (χ0) is 16.7. The van der Waals surface area contributed by atoms with Crippen molar-refractivity contribution in [1.82, 2.24) is 0 Å². The first-order chi connectivity index (χ1) is 11.1. The molecule has 124 valence electrons. The van der Waals surface area contributed by atoms with Gasteiger partial charge < -0.3 is 4.90 Å². The minimum atomic E-state index is 0.124. The standard InChI is InChI=1S/C19H26N2OS/c1-15-9-10-17(13-16(15)2)21(12-6-11-20)19(22)14-23-18-7-4-3-5-8-18/h9-10,13,18H,3-8,12,14H2,1-2H3. The second kappa shape index (κ2) is 8.98. The van der Waals surface area contributed by atoms with Gasteiger partial charge in [0, 0.05) is 17.5 Å². The predicted molar refractivity (Wildman–Crippen MR) is 97.8 cm³/mol. The average molecular weight is 330 g/mol. The highest BCUT2D eigenvalue weighted by Gasteiger charge is 2.20. The van der Waals surface area contributed by atoms with E-state index < -0.39 is 0 Å². The molecule has 0 aromatic heterocycles. The number of hydrogen-bond donors (Lipinski definition) is 0. The van der Waals surface area contributed by atoms with E-state index in [0.29, 0.717) is 24.0 Å². The van der Waals surface area contributed by atoms with E-state index in [9.17, 15) is 4.79 Å². The van der Waals surface area contributed by atoms with Gasteiger partial charge in [0.1, 0.15) is 0 Å². The average Bonchev–Trinajstić information content (AvgIpc) is 2.57. The van der Waals surface area contributed by atoms with Crippen LogP contribution in [0.4, 0.5) is 5.69 Å². The van der Waals surface area contributed by atoms with Crippen LogP contribution < -0.4 is 4.90 Å². The zero-order valence-corrected chi connectivity index (χ0v) is 15.0. The quantitative estimate of drug-likeness (QED) is 0.764. The number of nitrogens with zero attached hydrogens (tertiary/aromatic N) is 2. The van der Waals surface area contributed by atoms with Crippen molar-refractivity contribution in [2.75, 3.05) is 17.2 Å². The maximum absolute atomic E-state index is 12.7. The van der Waals surface area contributed by atoms with E-state index in [1.807, 2.05) is 12.1 Å². The number of aryl methyl sites for hydroxylation is 2.